The van der Waals surface area contributed by atoms with Gasteiger partial charge >= 0.3 is 0 Å². The SMILES string of the molecule is Cc1n[nH]c(C)c1N(c1cccc(C(=O)NC2C3CC4CC2CC(C(N)=O)(C4)C3)c1)S(=O)[O-]. The fourth-order valence-electron chi connectivity index (χ4n) is 6.70. The zero-order chi connectivity index (χ0) is 23.5. The Hall–Kier alpha value is -2.72. The highest BCUT2D eigenvalue weighted by Gasteiger charge is 2.58. The molecule has 4 saturated carbocycles. The number of H-pyrrole nitrogens is 1. The number of nitrogens with zero attached hydrogens (tertiary/aromatic N) is 2. The van der Waals surface area contributed by atoms with Crippen LogP contribution in [0.2, 0.25) is 0 Å². The van der Waals surface area contributed by atoms with Crippen molar-refractivity contribution in [3.8, 4) is 0 Å². The van der Waals surface area contributed by atoms with Crippen LogP contribution >= 0.6 is 0 Å². The molecule has 10 heteroatoms. The molecule has 1 heterocycles. The Kier molecular flexibility index (Phi) is 5.32. The highest BCUT2D eigenvalue weighted by molar-refractivity contribution is 7.81. The van der Waals surface area contributed by atoms with Crippen molar-refractivity contribution in [2.24, 2.45) is 28.9 Å². The van der Waals surface area contributed by atoms with Crippen LogP contribution in [0.3, 0.4) is 0 Å². The number of carbonyl (C=O) groups excluding carboxylic acids is 2. The van der Waals surface area contributed by atoms with E-state index in [1.807, 2.05) is 0 Å². The zero-order valence-electron chi connectivity index (χ0n) is 18.7. The maximum absolute atomic E-state index is 13.2. The van der Waals surface area contributed by atoms with Crippen LogP contribution < -0.4 is 15.4 Å². The predicted molar refractivity (Wildman–Crippen MR) is 122 cm³/mol. The predicted octanol–water partition coefficient (Wildman–Crippen LogP) is 2.37. The van der Waals surface area contributed by atoms with Crippen LogP contribution in [0.4, 0.5) is 11.4 Å². The average Bonchev–Trinajstić information content (AvgIpc) is 3.08. The minimum absolute atomic E-state index is 0.00767. The molecule has 0 aliphatic heterocycles. The highest BCUT2D eigenvalue weighted by Crippen LogP contribution is 2.59. The van der Waals surface area contributed by atoms with E-state index in [2.05, 4.69) is 15.5 Å². The van der Waals surface area contributed by atoms with E-state index >= 15 is 0 Å². The quantitative estimate of drug-likeness (QED) is 0.555. The van der Waals surface area contributed by atoms with Crippen LogP contribution in [0.1, 0.15) is 53.8 Å². The summed E-state index contributed by atoms with van der Waals surface area (Å²) in [6.07, 6.45) is 4.38. The topological polar surface area (TPSA) is 144 Å². The first kappa shape index (κ1) is 22.1. The zero-order valence-corrected chi connectivity index (χ0v) is 19.5. The van der Waals surface area contributed by atoms with Crippen molar-refractivity contribution in [3.05, 3.63) is 41.2 Å². The maximum atomic E-state index is 13.2. The molecule has 4 aliphatic carbocycles. The van der Waals surface area contributed by atoms with Crippen LogP contribution in [0, 0.1) is 37.0 Å². The number of rotatable bonds is 6. The van der Waals surface area contributed by atoms with Crippen LogP contribution in [0.25, 0.3) is 0 Å². The van der Waals surface area contributed by atoms with E-state index in [-0.39, 0.29) is 29.7 Å². The van der Waals surface area contributed by atoms with Crippen LogP contribution in [0.5, 0.6) is 0 Å². The molecule has 4 aliphatic rings. The summed E-state index contributed by atoms with van der Waals surface area (Å²) in [5, 5.41) is 10.1. The Balaban J connectivity index is 1.38. The molecule has 2 amide bonds. The molecule has 4 fully saturated rings. The van der Waals surface area contributed by atoms with Crippen LogP contribution in [-0.4, -0.2) is 36.8 Å². The van der Waals surface area contributed by atoms with E-state index < -0.39 is 16.7 Å². The summed E-state index contributed by atoms with van der Waals surface area (Å²) in [7, 11) is 0. The van der Waals surface area contributed by atoms with Gasteiger partial charge in [0, 0.05) is 17.0 Å². The number of aromatic nitrogens is 2. The third-order valence-electron chi connectivity index (χ3n) is 7.88. The largest absolute Gasteiger partial charge is 0.755 e. The van der Waals surface area contributed by atoms with Gasteiger partial charge < -0.3 is 15.6 Å². The van der Waals surface area contributed by atoms with Gasteiger partial charge in [0.05, 0.1) is 34.0 Å². The number of amides is 2. The first-order valence-electron chi connectivity index (χ1n) is 11.3. The standard InChI is InChI=1S/C23H29N5O4S/c1-12-20(13(2)27-26-12)28(33(31)32)18-5-3-4-15(8-18)21(29)25-19-16-6-14-7-17(19)11-23(9-14,10-16)22(24)30/h3-5,8,14,16-17,19H,6-7,9-11H2,1-2H3,(H2,24,30)(H,25,29)(H,26,27)(H,31,32)/p-1. The van der Waals surface area contributed by atoms with E-state index in [1.165, 1.54) is 0 Å². The summed E-state index contributed by atoms with van der Waals surface area (Å²) < 4.78 is 25.3. The molecule has 0 saturated heterocycles. The number of primary amides is 1. The molecular weight excluding hydrogens is 442 g/mol. The molecular formula is C23H28N5O4S-. The average molecular weight is 471 g/mol. The molecule has 33 heavy (non-hydrogen) atoms. The van der Waals surface area contributed by atoms with Crippen molar-refractivity contribution in [3.63, 3.8) is 0 Å². The number of aromatic amines is 1. The van der Waals surface area contributed by atoms with Crippen molar-refractivity contribution in [1.29, 1.82) is 0 Å². The van der Waals surface area contributed by atoms with Gasteiger partial charge in [-0.05, 0) is 81.9 Å². The first-order valence-corrected chi connectivity index (χ1v) is 12.3. The van der Waals surface area contributed by atoms with Gasteiger partial charge in [-0.2, -0.15) is 5.10 Å². The Morgan fingerprint density at radius 3 is 2.52 bits per heavy atom. The maximum Gasteiger partial charge on any atom is 0.251 e. The second-order valence-electron chi connectivity index (χ2n) is 9.96. The van der Waals surface area contributed by atoms with Crippen LogP contribution in [0.15, 0.2) is 24.3 Å². The normalized spacial score (nSPS) is 30.8. The number of hydrogen-bond donors (Lipinski definition) is 3. The molecule has 1 aromatic carbocycles. The minimum atomic E-state index is -2.60. The lowest BCUT2D eigenvalue weighted by molar-refractivity contribution is -0.145. The number of aryl methyl sites for hydroxylation is 2. The van der Waals surface area contributed by atoms with E-state index in [1.54, 1.807) is 38.1 Å². The van der Waals surface area contributed by atoms with E-state index in [0.29, 0.717) is 34.2 Å². The lowest BCUT2D eigenvalue weighted by atomic mass is 9.47. The van der Waals surface area contributed by atoms with Crippen molar-refractivity contribution in [2.75, 3.05) is 4.31 Å². The molecule has 3 atom stereocenters. The highest BCUT2D eigenvalue weighted by atomic mass is 32.2. The van der Waals surface area contributed by atoms with E-state index in [0.717, 1.165) is 36.4 Å². The summed E-state index contributed by atoms with van der Waals surface area (Å²) in [6, 6.07) is 6.60. The third kappa shape index (κ3) is 3.65. The number of benzene rings is 1. The second kappa shape index (κ2) is 7.95. The minimum Gasteiger partial charge on any atom is -0.755 e. The Labute approximate surface area is 194 Å². The molecule has 0 radical (unpaired) electrons. The van der Waals surface area contributed by atoms with Gasteiger partial charge in [-0.15, -0.1) is 0 Å². The van der Waals surface area contributed by atoms with Crippen molar-refractivity contribution in [2.45, 2.75) is 52.0 Å². The molecule has 1 aromatic heterocycles. The summed E-state index contributed by atoms with van der Waals surface area (Å²) in [5.74, 6) is 0.568. The molecule has 176 valence electrons. The Morgan fingerprint density at radius 1 is 1.24 bits per heavy atom. The summed E-state index contributed by atoms with van der Waals surface area (Å²) in [6.45, 7) is 3.47. The molecule has 3 unspecified atom stereocenters. The van der Waals surface area contributed by atoms with E-state index in [9.17, 15) is 18.4 Å². The van der Waals surface area contributed by atoms with Gasteiger partial charge in [0.15, 0.2) is 0 Å². The van der Waals surface area contributed by atoms with Gasteiger partial charge in [0.1, 0.15) is 0 Å². The third-order valence-corrected chi connectivity index (χ3v) is 8.57. The van der Waals surface area contributed by atoms with Gasteiger partial charge in [-0.1, -0.05) is 6.07 Å². The van der Waals surface area contributed by atoms with Crippen molar-refractivity contribution in [1.82, 2.24) is 15.5 Å². The molecule has 0 spiro atoms. The molecule has 2 aromatic rings. The number of nitrogens with one attached hydrogen (secondary N) is 2. The summed E-state index contributed by atoms with van der Waals surface area (Å²) >= 11 is -2.60. The van der Waals surface area contributed by atoms with Crippen molar-refractivity contribution < 1.29 is 18.4 Å². The molecule has 4 N–H and O–H groups in total. The number of nitrogens with two attached hydrogens (primary N) is 1. The van der Waals surface area contributed by atoms with Gasteiger partial charge in [-0.3, -0.25) is 23.2 Å². The summed E-state index contributed by atoms with van der Waals surface area (Å²) in [5.41, 5.74) is 7.72. The number of hydrogen-bond acceptors (Lipinski definition) is 5. The van der Waals surface area contributed by atoms with E-state index in [4.69, 9.17) is 5.73 Å². The van der Waals surface area contributed by atoms with Gasteiger partial charge in [0.2, 0.25) is 5.91 Å². The first-order chi connectivity index (χ1) is 15.7. The molecule has 6 rings (SSSR count). The lowest BCUT2D eigenvalue weighted by Gasteiger charge is -2.58. The van der Waals surface area contributed by atoms with Crippen LogP contribution in [-0.2, 0) is 16.1 Å². The van der Waals surface area contributed by atoms with Gasteiger partial charge in [-0.25, -0.2) is 0 Å². The smallest absolute Gasteiger partial charge is 0.251 e. The Bertz CT molecular complexity index is 1110. The molecule has 4 bridgehead atoms. The number of carbonyl (C=O) groups is 2. The second-order valence-corrected chi connectivity index (χ2v) is 10.8. The van der Waals surface area contributed by atoms with Gasteiger partial charge in [0.25, 0.3) is 5.91 Å². The summed E-state index contributed by atoms with van der Waals surface area (Å²) in [4.78, 5) is 25.4. The lowest BCUT2D eigenvalue weighted by Crippen LogP contribution is -2.62. The monoisotopic (exact) mass is 470 g/mol. The Morgan fingerprint density at radius 2 is 1.94 bits per heavy atom. The fraction of sp³-hybridized carbons (Fsp3) is 0.522. The van der Waals surface area contributed by atoms with Crippen molar-refractivity contribution >= 4 is 34.5 Å². The number of anilines is 2. The fourth-order valence-corrected chi connectivity index (χ4v) is 7.41. The molecule has 9 nitrogen and oxygen atoms in total.